The Morgan fingerprint density at radius 2 is 1.95 bits per heavy atom. The molecule has 4 nitrogen and oxygen atoms in total. The molecule has 0 aromatic heterocycles. The van der Waals surface area contributed by atoms with E-state index in [2.05, 4.69) is 20.7 Å². The van der Waals surface area contributed by atoms with Crippen LogP contribution in [0.1, 0.15) is 11.1 Å². The molecule has 0 aliphatic heterocycles. The van der Waals surface area contributed by atoms with E-state index in [1.54, 1.807) is 6.92 Å². The van der Waals surface area contributed by atoms with Gasteiger partial charge in [0, 0.05) is 4.47 Å². The minimum atomic E-state index is -3.91. The Morgan fingerprint density at radius 1 is 1.24 bits per heavy atom. The molecule has 2 rings (SSSR count). The van der Waals surface area contributed by atoms with E-state index < -0.39 is 15.8 Å². The number of hydrogen-bond donors (Lipinski definition) is 1. The first kappa shape index (κ1) is 15.5. The molecule has 0 fully saturated rings. The monoisotopic (exact) mass is 368 g/mol. The maximum Gasteiger partial charge on any atom is 0.262 e. The zero-order valence-corrected chi connectivity index (χ0v) is 13.3. The fourth-order valence-electron chi connectivity index (χ4n) is 1.73. The van der Waals surface area contributed by atoms with Crippen LogP contribution in [-0.2, 0) is 10.0 Å². The summed E-state index contributed by atoms with van der Waals surface area (Å²) in [7, 11) is -3.91. The van der Waals surface area contributed by atoms with Gasteiger partial charge in [-0.25, -0.2) is 12.8 Å². The van der Waals surface area contributed by atoms with Crippen molar-refractivity contribution < 1.29 is 12.8 Å². The molecule has 108 valence electrons. The van der Waals surface area contributed by atoms with Crippen molar-refractivity contribution in [2.75, 3.05) is 4.72 Å². The van der Waals surface area contributed by atoms with Crippen molar-refractivity contribution in [3.05, 3.63) is 57.8 Å². The molecule has 0 heterocycles. The number of anilines is 1. The topological polar surface area (TPSA) is 70.0 Å². The van der Waals surface area contributed by atoms with Crippen LogP contribution in [0.5, 0.6) is 0 Å². The Labute approximate surface area is 130 Å². The predicted octanol–water partition coefficient (Wildman–Crippen LogP) is 3.57. The van der Waals surface area contributed by atoms with Gasteiger partial charge in [-0.15, -0.1) is 0 Å². The molecule has 0 unspecified atom stereocenters. The lowest BCUT2D eigenvalue weighted by molar-refractivity contribution is 0.594. The maximum atomic E-state index is 13.3. The van der Waals surface area contributed by atoms with Crippen molar-refractivity contribution >= 4 is 31.6 Å². The van der Waals surface area contributed by atoms with Gasteiger partial charge in [0.1, 0.15) is 5.82 Å². The van der Waals surface area contributed by atoms with E-state index in [4.69, 9.17) is 5.26 Å². The maximum absolute atomic E-state index is 13.3. The van der Waals surface area contributed by atoms with Crippen molar-refractivity contribution in [1.29, 1.82) is 5.26 Å². The van der Waals surface area contributed by atoms with E-state index in [-0.39, 0.29) is 10.6 Å². The summed E-state index contributed by atoms with van der Waals surface area (Å²) in [6.45, 7) is 1.59. The van der Waals surface area contributed by atoms with Crippen molar-refractivity contribution in [3.63, 3.8) is 0 Å². The summed E-state index contributed by atoms with van der Waals surface area (Å²) in [5.74, 6) is -0.625. The van der Waals surface area contributed by atoms with E-state index in [1.807, 2.05) is 6.07 Å². The average Bonchev–Trinajstić information content (AvgIpc) is 2.43. The van der Waals surface area contributed by atoms with E-state index in [0.717, 1.165) is 6.07 Å². The summed E-state index contributed by atoms with van der Waals surface area (Å²) in [4.78, 5) is -0.126. The van der Waals surface area contributed by atoms with Crippen LogP contribution in [0.4, 0.5) is 10.1 Å². The SMILES string of the molecule is Cc1ccc(F)cc1S(=O)(=O)Nc1ccc(C#N)cc1Br. The van der Waals surface area contributed by atoms with Gasteiger partial charge in [-0.05, 0) is 58.7 Å². The molecule has 0 amide bonds. The number of benzene rings is 2. The second-order valence-electron chi connectivity index (χ2n) is 4.32. The molecule has 0 saturated heterocycles. The van der Waals surface area contributed by atoms with Gasteiger partial charge < -0.3 is 0 Å². The summed E-state index contributed by atoms with van der Waals surface area (Å²) >= 11 is 3.19. The minimum Gasteiger partial charge on any atom is -0.278 e. The first-order valence-electron chi connectivity index (χ1n) is 5.82. The van der Waals surface area contributed by atoms with Gasteiger partial charge in [-0.3, -0.25) is 4.72 Å². The summed E-state index contributed by atoms with van der Waals surface area (Å²) in [6.07, 6.45) is 0. The van der Waals surface area contributed by atoms with Crippen LogP contribution in [0.15, 0.2) is 45.8 Å². The molecule has 0 aliphatic carbocycles. The molecular weight excluding hydrogens is 359 g/mol. The van der Waals surface area contributed by atoms with Gasteiger partial charge in [0.25, 0.3) is 10.0 Å². The van der Waals surface area contributed by atoms with Gasteiger partial charge in [0.2, 0.25) is 0 Å². The van der Waals surface area contributed by atoms with Gasteiger partial charge in [0.15, 0.2) is 0 Å². The molecule has 0 saturated carbocycles. The van der Waals surface area contributed by atoms with Crippen LogP contribution < -0.4 is 4.72 Å². The van der Waals surface area contributed by atoms with Crippen molar-refractivity contribution in [2.45, 2.75) is 11.8 Å². The van der Waals surface area contributed by atoms with Crippen LogP contribution in [0.3, 0.4) is 0 Å². The number of aryl methyl sites for hydroxylation is 1. The van der Waals surface area contributed by atoms with Crippen molar-refractivity contribution in [2.24, 2.45) is 0 Å². The number of nitriles is 1. The normalized spacial score (nSPS) is 11.0. The summed E-state index contributed by atoms with van der Waals surface area (Å²) < 4.78 is 40.7. The van der Waals surface area contributed by atoms with Crippen LogP contribution in [0.2, 0.25) is 0 Å². The third kappa shape index (κ3) is 3.40. The minimum absolute atomic E-state index is 0.126. The van der Waals surface area contributed by atoms with Crippen LogP contribution in [0.25, 0.3) is 0 Å². The highest BCUT2D eigenvalue weighted by atomic mass is 79.9. The summed E-state index contributed by atoms with van der Waals surface area (Å²) in [5.41, 5.74) is 1.11. The Balaban J connectivity index is 2.43. The van der Waals surface area contributed by atoms with Gasteiger partial charge in [-0.1, -0.05) is 6.07 Å². The molecule has 0 spiro atoms. The van der Waals surface area contributed by atoms with Crippen LogP contribution in [0, 0.1) is 24.1 Å². The van der Waals surface area contributed by atoms with E-state index in [1.165, 1.54) is 30.3 Å². The average molecular weight is 369 g/mol. The molecule has 0 bridgehead atoms. The van der Waals surface area contributed by atoms with Crippen LogP contribution >= 0.6 is 15.9 Å². The van der Waals surface area contributed by atoms with E-state index in [9.17, 15) is 12.8 Å². The zero-order valence-electron chi connectivity index (χ0n) is 10.9. The third-order valence-electron chi connectivity index (χ3n) is 2.78. The fraction of sp³-hybridized carbons (Fsp3) is 0.0714. The Kier molecular flexibility index (Phi) is 4.30. The highest BCUT2D eigenvalue weighted by Crippen LogP contribution is 2.27. The van der Waals surface area contributed by atoms with Crippen LogP contribution in [-0.4, -0.2) is 8.42 Å². The molecule has 2 aromatic carbocycles. The number of nitrogens with zero attached hydrogens (tertiary/aromatic N) is 1. The molecule has 7 heteroatoms. The molecule has 21 heavy (non-hydrogen) atoms. The second-order valence-corrected chi connectivity index (χ2v) is 6.83. The Hall–Kier alpha value is -1.91. The first-order valence-corrected chi connectivity index (χ1v) is 8.10. The Bertz CT molecular complexity index is 845. The van der Waals surface area contributed by atoms with E-state index in [0.29, 0.717) is 15.6 Å². The molecular formula is C14H10BrFN2O2S. The predicted molar refractivity (Wildman–Crippen MR) is 80.8 cm³/mol. The molecule has 2 aromatic rings. The summed E-state index contributed by atoms with van der Waals surface area (Å²) in [6, 6.07) is 9.97. The fourth-order valence-corrected chi connectivity index (χ4v) is 3.68. The molecule has 0 atom stereocenters. The third-order valence-corrected chi connectivity index (χ3v) is 4.95. The zero-order chi connectivity index (χ0) is 15.6. The molecule has 0 aliphatic rings. The highest BCUT2D eigenvalue weighted by molar-refractivity contribution is 9.10. The lowest BCUT2D eigenvalue weighted by Gasteiger charge is -2.12. The number of nitrogens with one attached hydrogen (secondary N) is 1. The number of rotatable bonds is 3. The quantitative estimate of drug-likeness (QED) is 0.899. The first-order chi connectivity index (χ1) is 9.83. The highest BCUT2D eigenvalue weighted by Gasteiger charge is 2.19. The van der Waals surface area contributed by atoms with Gasteiger partial charge in [-0.2, -0.15) is 5.26 Å². The van der Waals surface area contributed by atoms with Gasteiger partial charge in [0.05, 0.1) is 22.2 Å². The smallest absolute Gasteiger partial charge is 0.262 e. The lowest BCUT2D eigenvalue weighted by atomic mass is 10.2. The van der Waals surface area contributed by atoms with E-state index >= 15 is 0 Å². The Morgan fingerprint density at radius 3 is 2.57 bits per heavy atom. The number of sulfonamides is 1. The second kappa shape index (κ2) is 5.84. The van der Waals surface area contributed by atoms with Crippen molar-refractivity contribution in [1.82, 2.24) is 0 Å². The molecule has 1 N–H and O–H groups in total. The standard InChI is InChI=1S/C14H10BrFN2O2S/c1-9-2-4-11(16)7-14(9)21(19,20)18-13-5-3-10(8-17)6-12(13)15/h2-7,18H,1H3. The lowest BCUT2D eigenvalue weighted by Crippen LogP contribution is -2.15. The summed E-state index contributed by atoms with van der Waals surface area (Å²) in [5, 5.41) is 8.78. The number of halogens is 2. The number of hydrogen-bond acceptors (Lipinski definition) is 3. The van der Waals surface area contributed by atoms with Gasteiger partial charge >= 0.3 is 0 Å². The largest absolute Gasteiger partial charge is 0.278 e. The van der Waals surface area contributed by atoms with Crippen molar-refractivity contribution in [3.8, 4) is 6.07 Å². The molecule has 0 radical (unpaired) electrons.